The fraction of sp³-hybridized carbons (Fsp3) is 0.588. The van der Waals surface area contributed by atoms with Gasteiger partial charge in [0.1, 0.15) is 0 Å². The smallest absolute Gasteiger partial charge is 0.235 e. The Bertz CT molecular complexity index is 608. The Morgan fingerprint density at radius 2 is 2.09 bits per heavy atom. The molecule has 1 aromatic rings. The van der Waals surface area contributed by atoms with Gasteiger partial charge >= 0.3 is 0 Å². The van der Waals surface area contributed by atoms with Crippen molar-refractivity contribution in [3.8, 4) is 0 Å². The van der Waals surface area contributed by atoms with Crippen LogP contribution >= 0.6 is 0 Å². The van der Waals surface area contributed by atoms with Crippen LogP contribution in [0.2, 0.25) is 0 Å². The Morgan fingerprint density at radius 3 is 2.64 bits per heavy atom. The van der Waals surface area contributed by atoms with Crippen molar-refractivity contribution in [1.82, 2.24) is 9.88 Å². The Hall–Kier alpha value is -1.91. The molecule has 0 N–H and O–H groups in total. The van der Waals surface area contributed by atoms with Crippen LogP contribution in [-0.2, 0) is 9.59 Å². The molecule has 1 aliphatic carbocycles. The monoisotopic (exact) mass is 299 g/mol. The summed E-state index contributed by atoms with van der Waals surface area (Å²) in [4.78, 5) is 32.7. The molecule has 0 radical (unpaired) electrons. The lowest BCUT2D eigenvalue weighted by molar-refractivity contribution is -0.144. The van der Waals surface area contributed by atoms with Crippen molar-refractivity contribution >= 4 is 17.5 Å². The van der Waals surface area contributed by atoms with E-state index in [-0.39, 0.29) is 17.2 Å². The van der Waals surface area contributed by atoms with Crippen molar-refractivity contribution in [2.45, 2.75) is 26.2 Å². The molecular formula is C17H21N3O2. The van der Waals surface area contributed by atoms with Crippen LogP contribution in [0.3, 0.4) is 0 Å². The zero-order valence-electron chi connectivity index (χ0n) is 12.9. The van der Waals surface area contributed by atoms with E-state index in [4.69, 9.17) is 0 Å². The van der Waals surface area contributed by atoms with E-state index in [0.717, 1.165) is 44.6 Å². The van der Waals surface area contributed by atoms with Gasteiger partial charge in [0.25, 0.3) is 0 Å². The van der Waals surface area contributed by atoms with Crippen LogP contribution in [0.1, 0.15) is 26.2 Å². The standard InChI is InChI=1S/C17H21N3O2/c1-12-9-14(12)15(21)19-7-4-17(5-8-19)11-20(16(17)22)13-3-2-6-18-10-13/h2-3,6,10,12,14H,4-5,7-9,11H2,1H3/t12-,14-/m0/s1. The molecule has 1 saturated carbocycles. The van der Waals surface area contributed by atoms with E-state index in [1.54, 1.807) is 12.4 Å². The van der Waals surface area contributed by atoms with Gasteiger partial charge in [0.15, 0.2) is 0 Å². The highest BCUT2D eigenvalue weighted by Gasteiger charge is 2.54. The van der Waals surface area contributed by atoms with Crippen LogP contribution in [-0.4, -0.2) is 41.3 Å². The number of carbonyl (C=O) groups excluding carboxylic acids is 2. The highest BCUT2D eigenvalue weighted by Crippen LogP contribution is 2.45. The Morgan fingerprint density at radius 1 is 1.36 bits per heavy atom. The first-order chi connectivity index (χ1) is 10.6. The second kappa shape index (κ2) is 4.80. The van der Waals surface area contributed by atoms with Crippen LogP contribution in [0.4, 0.5) is 5.69 Å². The number of nitrogens with zero attached hydrogens (tertiary/aromatic N) is 3. The zero-order valence-corrected chi connectivity index (χ0v) is 12.9. The molecule has 0 unspecified atom stereocenters. The van der Waals surface area contributed by atoms with Crippen molar-refractivity contribution in [2.24, 2.45) is 17.3 Å². The number of rotatable bonds is 2. The summed E-state index contributed by atoms with van der Waals surface area (Å²) in [5.74, 6) is 1.30. The number of piperidine rings is 1. The molecule has 2 saturated heterocycles. The van der Waals surface area contributed by atoms with Gasteiger partial charge in [0.05, 0.1) is 17.3 Å². The molecule has 1 aromatic heterocycles. The third kappa shape index (κ3) is 2.02. The maximum Gasteiger partial charge on any atom is 0.235 e. The van der Waals surface area contributed by atoms with Crippen molar-refractivity contribution in [2.75, 3.05) is 24.5 Å². The maximum absolute atomic E-state index is 12.6. The number of hydrogen-bond acceptors (Lipinski definition) is 3. The van der Waals surface area contributed by atoms with Crippen molar-refractivity contribution in [1.29, 1.82) is 0 Å². The molecule has 116 valence electrons. The lowest BCUT2D eigenvalue weighted by atomic mass is 9.71. The Kier molecular flexibility index (Phi) is 2.99. The third-order valence-electron chi connectivity index (χ3n) is 5.58. The molecule has 2 amide bonds. The molecule has 5 nitrogen and oxygen atoms in total. The minimum atomic E-state index is -0.234. The van der Waals surface area contributed by atoms with E-state index < -0.39 is 0 Å². The molecule has 22 heavy (non-hydrogen) atoms. The number of likely N-dealkylation sites (tertiary alicyclic amines) is 1. The average molecular weight is 299 g/mol. The highest BCUT2D eigenvalue weighted by molar-refractivity contribution is 6.04. The van der Waals surface area contributed by atoms with E-state index in [1.807, 2.05) is 21.9 Å². The average Bonchev–Trinajstić information content (AvgIpc) is 3.30. The van der Waals surface area contributed by atoms with Crippen LogP contribution in [0.25, 0.3) is 0 Å². The van der Waals surface area contributed by atoms with Gasteiger partial charge in [0.2, 0.25) is 11.8 Å². The largest absolute Gasteiger partial charge is 0.342 e. The maximum atomic E-state index is 12.6. The first kappa shape index (κ1) is 13.7. The topological polar surface area (TPSA) is 53.5 Å². The molecular weight excluding hydrogens is 278 g/mol. The lowest BCUT2D eigenvalue weighted by Crippen LogP contribution is -2.65. The SMILES string of the molecule is C[C@H]1C[C@@H]1C(=O)N1CCC2(CC1)CN(c1cccnc1)C2=O. The van der Waals surface area contributed by atoms with Gasteiger partial charge in [0, 0.05) is 31.7 Å². The Balaban J connectivity index is 1.38. The minimum Gasteiger partial charge on any atom is -0.342 e. The number of aromatic nitrogens is 1. The molecule has 1 spiro atoms. The van der Waals surface area contributed by atoms with E-state index in [2.05, 4.69) is 11.9 Å². The van der Waals surface area contributed by atoms with Crippen molar-refractivity contribution in [3.05, 3.63) is 24.5 Å². The molecule has 2 aliphatic heterocycles. The Labute approximate surface area is 130 Å². The van der Waals surface area contributed by atoms with Gasteiger partial charge in [-0.05, 0) is 37.3 Å². The highest BCUT2D eigenvalue weighted by atomic mass is 16.2. The molecule has 2 atom stereocenters. The summed E-state index contributed by atoms with van der Waals surface area (Å²) in [6, 6.07) is 3.77. The summed E-state index contributed by atoms with van der Waals surface area (Å²) in [5, 5.41) is 0. The normalized spacial score (nSPS) is 29.4. The van der Waals surface area contributed by atoms with Gasteiger partial charge in [-0.15, -0.1) is 0 Å². The van der Waals surface area contributed by atoms with Crippen LogP contribution in [0, 0.1) is 17.3 Å². The van der Waals surface area contributed by atoms with Gasteiger partial charge in [-0.3, -0.25) is 14.6 Å². The van der Waals surface area contributed by atoms with E-state index in [1.165, 1.54) is 0 Å². The molecule has 3 fully saturated rings. The van der Waals surface area contributed by atoms with Gasteiger partial charge < -0.3 is 9.80 Å². The summed E-state index contributed by atoms with van der Waals surface area (Å²) >= 11 is 0. The minimum absolute atomic E-state index is 0.201. The number of hydrogen-bond donors (Lipinski definition) is 0. The quantitative estimate of drug-likeness (QED) is 0.781. The van der Waals surface area contributed by atoms with Crippen molar-refractivity contribution < 1.29 is 9.59 Å². The zero-order chi connectivity index (χ0) is 15.3. The van der Waals surface area contributed by atoms with Crippen LogP contribution < -0.4 is 4.90 Å². The first-order valence-corrected chi connectivity index (χ1v) is 8.11. The molecule has 4 rings (SSSR count). The molecule has 5 heteroatoms. The lowest BCUT2D eigenvalue weighted by Gasteiger charge is -2.52. The fourth-order valence-corrected chi connectivity index (χ4v) is 3.79. The fourth-order valence-electron chi connectivity index (χ4n) is 3.79. The van der Waals surface area contributed by atoms with Crippen LogP contribution in [0.5, 0.6) is 0 Å². The predicted molar refractivity (Wildman–Crippen MR) is 82.1 cm³/mol. The summed E-state index contributed by atoms with van der Waals surface area (Å²) in [6.07, 6.45) is 6.09. The van der Waals surface area contributed by atoms with E-state index in [0.29, 0.717) is 11.8 Å². The van der Waals surface area contributed by atoms with Gasteiger partial charge in [-0.25, -0.2) is 0 Å². The van der Waals surface area contributed by atoms with Gasteiger partial charge in [-0.1, -0.05) is 6.92 Å². The summed E-state index contributed by atoms with van der Waals surface area (Å²) in [7, 11) is 0. The molecule has 3 heterocycles. The molecule has 3 aliphatic rings. The first-order valence-electron chi connectivity index (χ1n) is 8.11. The number of amides is 2. The third-order valence-corrected chi connectivity index (χ3v) is 5.58. The van der Waals surface area contributed by atoms with E-state index >= 15 is 0 Å². The second-order valence-electron chi connectivity index (χ2n) is 7.03. The van der Waals surface area contributed by atoms with E-state index in [9.17, 15) is 9.59 Å². The summed E-state index contributed by atoms with van der Waals surface area (Å²) in [6.45, 7) is 4.36. The summed E-state index contributed by atoms with van der Waals surface area (Å²) < 4.78 is 0. The summed E-state index contributed by atoms with van der Waals surface area (Å²) in [5.41, 5.74) is 0.644. The van der Waals surface area contributed by atoms with Crippen molar-refractivity contribution in [3.63, 3.8) is 0 Å². The molecule has 0 aromatic carbocycles. The predicted octanol–water partition coefficient (Wildman–Crippen LogP) is 1.69. The number of carbonyl (C=O) groups is 2. The van der Waals surface area contributed by atoms with Crippen LogP contribution in [0.15, 0.2) is 24.5 Å². The number of β-lactam (4-membered cyclic amide) rings is 1. The second-order valence-corrected chi connectivity index (χ2v) is 7.03. The number of anilines is 1. The molecule has 0 bridgehead atoms. The van der Waals surface area contributed by atoms with Gasteiger partial charge in [-0.2, -0.15) is 0 Å². The number of pyridine rings is 1.